The molecule has 4 rings (SSSR count). The summed E-state index contributed by atoms with van der Waals surface area (Å²) in [4.78, 5) is 29.5. The molecule has 1 N–H and O–H groups in total. The number of urea groups is 1. The van der Waals surface area contributed by atoms with E-state index in [0.717, 1.165) is 41.8 Å². The van der Waals surface area contributed by atoms with Crippen LogP contribution in [-0.2, 0) is 12.7 Å². The van der Waals surface area contributed by atoms with E-state index in [0.29, 0.717) is 31.0 Å². The quantitative estimate of drug-likeness (QED) is 0.493. The van der Waals surface area contributed by atoms with Crippen LogP contribution in [0.3, 0.4) is 0 Å². The van der Waals surface area contributed by atoms with E-state index in [1.807, 2.05) is 43.3 Å². The molecule has 0 atom stereocenters. The van der Waals surface area contributed by atoms with Gasteiger partial charge < -0.3 is 10.2 Å². The number of carbonyl (C=O) groups is 2. The maximum Gasteiger partial charge on any atom is 0.416 e. The van der Waals surface area contributed by atoms with Gasteiger partial charge in [-0.3, -0.25) is 9.69 Å². The first-order valence-electron chi connectivity index (χ1n) is 10.9. The zero-order valence-corrected chi connectivity index (χ0v) is 18.6. The van der Waals surface area contributed by atoms with Crippen molar-refractivity contribution in [2.45, 2.75) is 26.1 Å². The summed E-state index contributed by atoms with van der Waals surface area (Å²) in [6, 6.07) is 19.0. The highest BCUT2D eigenvalue weighted by molar-refractivity contribution is 6.07. The zero-order chi connectivity index (χ0) is 24.3. The summed E-state index contributed by atoms with van der Waals surface area (Å²) in [5.41, 5.74) is 2.15. The van der Waals surface area contributed by atoms with Crippen molar-refractivity contribution in [1.29, 1.82) is 0 Å². The summed E-state index contributed by atoms with van der Waals surface area (Å²) in [5.74, 6) is -0.550. The van der Waals surface area contributed by atoms with Gasteiger partial charge in [0.05, 0.1) is 16.9 Å². The van der Waals surface area contributed by atoms with Gasteiger partial charge in [-0.15, -0.1) is 0 Å². The summed E-state index contributed by atoms with van der Waals surface area (Å²) in [6.07, 6.45) is -3.71. The number of nitrogens with one attached hydrogen (secondary N) is 1. The van der Waals surface area contributed by atoms with Crippen LogP contribution in [-0.4, -0.2) is 29.9 Å². The van der Waals surface area contributed by atoms with Crippen molar-refractivity contribution in [3.8, 4) is 0 Å². The molecule has 0 saturated carbocycles. The third-order valence-electron chi connectivity index (χ3n) is 5.69. The summed E-state index contributed by atoms with van der Waals surface area (Å²) in [5, 5.41) is 2.78. The summed E-state index contributed by atoms with van der Waals surface area (Å²) >= 11 is 0. The minimum absolute atomic E-state index is 0.0936. The van der Waals surface area contributed by atoms with Crippen LogP contribution in [0.15, 0.2) is 72.8 Å². The molecular formula is C26H24F3N3O2. The molecule has 0 spiro atoms. The van der Waals surface area contributed by atoms with Gasteiger partial charge in [-0.25, -0.2) is 4.79 Å². The number of anilines is 2. The molecule has 1 heterocycles. The highest BCUT2D eigenvalue weighted by atomic mass is 19.4. The number of alkyl halides is 3. The van der Waals surface area contributed by atoms with Gasteiger partial charge in [0.1, 0.15) is 0 Å². The second-order valence-electron chi connectivity index (χ2n) is 8.24. The minimum Gasteiger partial charge on any atom is -0.320 e. The second-order valence-corrected chi connectivity index (χ2v) is 8.24. The molecule has 3 aromatic carbocycles. The fraction of sp³-hybridized carbons (Fsp3) is 0.231. The fourth-order valence-electron chi connectivity index (χ4n) is 3.95. The van der Waals surface area contributed by atoms with E-state index in [2.05, 4.69) is 5.32 Å². The van der Waals surface area contributed by atoms with Crippen LogP contribution in [0.5, 0.6) is 0 Å². The second kappa shape index (κ2) is 9.59. The van der Waals surface area contributed by atoms with Gasteiger partial charge in [0.25, 0.3) is 5.91 Å². The Labute approximate surface area is 195 Å². The first kappa shape index (κ1) is 23.4. The molecule has 1 aliphatic heterocycles. The Morgan fingerprint density at radius 1 is 0.971 bits per heavy atom. The molecule has 3 amide bonds. The Hall–Kier alpha value is -3.81. The van der Waals surface area contributed by atoms with Gasteiger partial charge in [0, 0.05) is 25.2 Å². The molecule has 0 radical (unpaired) electrons. The average molecular weight is 467 g/mol. The Morgan fingerprint density at radius 2 is 1.68 bits per heavy atom. The van der Waals surface area contributed by atoms with Crippen LogP contribution in [0.1, 0.15) is 33.5 Å². The standard InChI is InChI=1S/C26H24F3N3O2/c1-18-8-13-23(32-15-5-14-31(25(32)34)17-19-6-3-2-4-7-19)22(16-18)30-24(33)20-9-11-21(12-10-20)26(27,28)29/h2-4,6-13,16H,5,14-15,17H2,1H3,(H,30,33). The van der Waals surface area contributed by atoms with Gasteiger partial charge in [-0.1, -0.05) is 36.4 Å². The van der Waals surface area contributed by atoms with E-state index < -0.39 is 17.6 Å². The first-order chi connectivity index (χ1) is 16.2. The van der Waals surface area contributed by atoms with Crippen molar-refractivity contribution >= 4 is 23.3 Å². The number of benzene rings is 3. The Kier molecular flexibility index (Phi) is 6.58. The largest absolute Gasteiger partial charge is 0.416 e. The van der Waals surface area contributed by atoms with Crippen LogP contribution in [0.2, 0.25) is 0 Å². The van der Waals surface area contributed by atoms with E-state index >= 15 is 0 Å². The van der Waals surface area contributed by atoms with Gasteiger partial charge in [0.15, 0.2) is 0 Å². The molecule has 176 valence electrons. The van der Waals surface area contributed by atoms with Crippen molar-refractivity contribution < 1.29 is 22.8 Å². The number of hydrogen-bond acceptors (Lipinski definition) is 2. The number of nitrogens with zero attached hydrogens (tertiary/aromatic N) is 2. The molecule has 1 aliphatic rings. The molecule has 34 heavy (non-hydrogen) atoms. The number of rotatable bonds is 5. The van der Waals surface area contributed by atoms with Crippen molar-refractivity contribution in [2.24, 2.45) is 0 Å². The molecular weight excluding hydrogens is 443 g/mol. The molecule has 0 bridgehead atoms. The third kappa shape index (κ3) is 5.22. The van der Waals surface area contributed by atoms with Gasteiger partial charge >= 0.3 is 12.2 Å². The van der Waals surface area contributed by atoms with Crippen LogP contribution in [0.25, 0.3) is 0 Å². The molecule has 8 heteroatoms. The number of hydrogen-bond donors (Lipinski definition) is 1. The van der Waals surface area contributed by atoms with Crippen molar-refractivity contribution in [3.05, 3.63) is 95.1 Å². The predicted molar refractivity (Wildman–Crippen MR) is 125 cm³/mol. The number of halogens is 3. The van der Waals surface area contributed by atoms with Crippen molar-refractivity contribution in [1.82, 2.24) is 4.90 Å². The Bertz CT molecular complexity index is 1180. The van der Waals surface area contributed by atoms with E-state index in [9.17, 15) is 22.8 Å². The normalized spacial score (nSPS) is 14.3. The lowest BCUT2D eigenvalue weighted by atomic mass is 10.1. The van der Waals surface area contributed by atoms with Gasteiger partial charge in [-0.2, -0.15) is 13.2 Å². The highest BCUT2D eigenvalue weighted by Gasteiger charge is 2.31. The topological polar surface area (TPSA) is 52.6 Å². The summed E-state index contributed by atoms with van der Waals surface area (Å²) in [6.45, 7) is 3.46. The lowest BCUT2D eigenvalue weighted by molar-refractivity contribution is -0.137. The average Bonchev–Trinajstić information content (AvgIpc) is 2.81. The van der Waals surface area contributed by atoms with E-state index in [-0.39, 0.29) is 11.6 Å². The first-order valence-corrected chi connectivity index (χ1v) is 10.9. The number of amides is 3. The minimum atomic E-state index is -4.47. The smallest absolute Gasteiger partial charge is 0.320 e. The lowest BCUT2D eigenvalue weighted by Crippen LogP contribution is -2.49. The highest BCUT2D eigenvalue weighted by Crippen LogP contribution is 2.32. The van der Waals surface area contributed by atoms with Crippen LogP contribution < -0.4 is 10.2 Å². The zero-order valence-electron chi connectivity index (χ0n) is 18.6. The van der Waals surface area contributed by atoms with E-state index in [4.69, 9.17) is 0 Å². The van der Waals surface area contributed by atoms with Crippen LogP contribution in [0.4, 0.5) is 29.3 Å². The van der Waals surface area contributed by atoms with Crippen LogP contribution >= 0.6 is 0 Å². The SMILES string of the molecule is Cc1ccc(N2CCCN(Cc3ccccc3)C2=O)c(NC(=O)c2ccc(C(F)(F)F)cc2)c1. The molecule has 0 unspecified atom stereocenters. The molecule has 1 saturated heterocycles. The van der Waals surface area contributed by atoms with Crippen molar-refractivity contribution in [3.63, 3.8) is 0 Å². The summed E-state index contributed by atoms with van der Waals surface area (Å²) in [7, 11) is 0. The van der Waals surface area contributed by atoms with E-state index in [1.54, 1.807) is 21.9 Å². The predicted octanol–water partition coefficient (Wildman–Crippen LogP) is 6.10. The summed E-state index contributed by atoms with van der Waals surface area (Å²) < 4.78 is 38.5. The Morgan fingerprint density at radius 3 is 2.35 bits per heavy atom. The maximum absolute atomic E-state index is 13.3. The molecule has 0 aliphatic carbocycles. The Balaban J connectivity index is 1.55. The van der Waals surface area contributed by atoms with E-state index in [1.165, 1.54) is 0 Å². The molecule has 0 aromatic heterocycles. The maximum atomic E-state index is 13.3. The monoisotopic (exact) mass is 467 g/mol. The number of aryl methyl sites for hydroxylation is 1. The van der Waals surface area contributed by atoms with Crippen LogP contribution in [0, 0.1) is 6.92 Å². The lowest BCUT2D eigenvalue weighted by Gasteiger charge is -2.36. The van der Waals surface area contributed by atoms with Crippen molar-refractivity contribution in [2.75, 3.05) is 23.3 Å². The fourth-order valence-corrected chi connectivity index (χ4v) is 3.95. The number of carbonyl (C=O) groups excluding carboxylic acids is 2. The third-order valence-corrected chi connectivity index (χ3v) is 5.69. The van der Waals surface area contributed by atoms with Gasteiger partial charge in [-0.05, 0) is 60.9 Å². The molecule has 5 nitrogen and oxygen atoms in total. The van der Waals surface area contributed by atoms with Gasteiger partial charge in [0.2, 0.25) is 0 Å². The molecule has 1 fully saturated rings. The molecule has 3 aromatic rings.